The molecule has 3 aromatic heterocycles. The number of anilines is 1. The van der Waals surface area contributed by atoms with Gasteiger partial charge < -0.3 is 16.6 Å². The molecule has 1 aromatic carbocycles. The number of rotatable bonds is 5. The highest BCUT2D eigenvalue weighted by molar-refractivity contribution is 7.22. The van der Waals surface area contributed by atoms with Crippen LogP contribution in [0.4, 0.5) is 27.1 Å². The number of hydrogen-bond acceptors (Lipinski definition) is 8. The Morgan fingerprint density at radius 2 is 1.86 bits per heavy atom. The van der Waals surface area contributed by atoms with E-state index in [0.29, 0.717) is 10.8 Å². The molecular weight excluding hydrogens is 525 g/mol. The molecule has 16 heteroatoms. The van der Waals surface area contributed by atoms with E-state index in [1.54, 1.807) is 6.20 Å². The summed E-state index contributed by atoms with van der Waals surface area (Å²) in [6.45, 7) is 1.11. The number of thiazole rings is 1. The van der Waals surface area contributed by atoms with Crippen LogP contribution in [0.5, 0.6) is 0 Å². The van der Waals surface area contributed by atoms with Crippen LogP contribution in [-0.4, -0.2) is 48.5 Å². The second kappa shape index (κ2) is 10.8. The van der Waals surface area contributed by atoms with Gasteiger partial charge in [-0.3, -0.25) is 10.1 Å². The van der Waals surface area contributed by atoms with Gasteiger partial charge in [-0.25, -0.2) is 19.3 Å². The summed E-state index contributed by atoms with van der Waals surface area (Å²) in [6.07, 6.45) is -5.33. The number of alkyl halides is 3. The third-order valence-corrected chi connectivity index (χ3v) is 5.69. The van der Waals surface area contributed by atoms with Crippen molar-refractivity contribution in [2.75, 3.05) is 12.3 Å². The summed E-state index contributed by atoms with van der Waals surface area (Å²) in [4.78, 5) is 33.6. The van der Waals surface area contributed by atoms with Gasteiger partial charge in [0.05, 0.1) is 16.8 Å². The SMILES string of the molecule is Cc1cc(-c2ccc3sc(N)nc3c2)cnc1-c1nc(=O)n(CC(CN)=C(F)F)[nH]1.O=C(O)C(F)(F)F. The summed E-state index contributed by atoms with van der Waals surface area (Å²) in [5, 5.41) is 10.4. The van der Waals surface area contributed by atoms with E-state index in [9.17, 15) is 26.7 Å². The first-order chi connectivity index (χ1) is 17.3. The number of nitrogens with zero attached hydrogens (tertiary/aromatic N) is 4. The highest BCUT2D eigenvalue weighted by Crippen LogP contribution is 2.30. The van der Waals surface area contributed by atoms with Gasteiger partial charge in [-0.2, -0.15) is 26.9 Å². The van der Waals surface area contributed by atoms with Gasteiger partial charge in [0, 0.05) is 23.9 Å². The molecular formula is C21H18F5N7O3S. The van der Waals surface area contributed by atoms with E-state index in [1.807, 2.05) is 31.2 Å². The number of halogens is 5. The van der Waals surface area contributed by atoms with E-state index in [0.717, 1.165) is 31.6 Å². The van der Waals surface area contributed by atoms with Crippen molar-refractivity contribution in [2.45, 2.75) is 19.6 Å². The predicted molar refractivity (Wildman–Crippen MR) is 126 cm³/mol. The molecule has 10 nitrogen and oxygen atoms in total. The van der Waals surface area contributed by atoms with Gasteiger partial charge in [-0.1, -0.05) is 17.4 Å². The second-order valence-corrected chi connectivity index (χ2v) is 8.50. The fraction of sp³-hybridized carbons (Fsp3) is 0.190. The monoisotopic (exact) mass is 543 g/mol. The number of aryl methyl sites for hydroxylation is 1. The van der Waals surface area contributed by atoms with Crippen molar-refractivity contribution in [1.29, 1.82) is 0 Å². The number of carboxylic acids is 1. The number of carbonyl (C=O) groups is 1. The topological polar surface area (TPSA) is 166 Å². The lowest BCUT2D eigenvalue weighted by atomic mass is 10.0. The van der Waals surface area contributed by atoms with Gasteiger partial charge in [-0.05, 0) is 36.2 Å². The number of benzene rings is 1. The quantitative estimate of drug-likeness (QED) is 0.278. The molecule has 0 aliphatic carbocycles. The normalized spacial score (nSPS) is 11.2. The van der Waals surface area contributed by atoms with Crippen molar-refractivity contribution < 1.29 is 31.9 Å². The first-order valence-corrected chi connectivity index (χ1v) is 10.9. The molecule has 6 N–H and O–H groups in total. The van der Waals surface area contributed by atoms with Crippen LogP contribution in [0.1, 0.15) is 5.56 Å². The molecule has 0 unspecified atom stereocenters. The Morgan fingerprint density at radius 3 is 2.43 bits per heavy atom. The van der Waals surface area contributed by atoms with Gasteiger partial charge in [-0.15, -0.1) is 0 Å². The molecule has 0 saturated carbocycles. The zero-order valence-corrected chi connectivity index (χ0v) is 19.6. The minimum Gasteiger partial charge on any atom is -0.475 e. The Bertz CT molecular complexity index is 1540. The van der Waals surface area contributed by atoms with Crippen LogP contribution in [-0.2, 0) is 11.3 Å². The van der Waals surface area contributed by atoms with E-state index in [-0.39, 0.29) is 24.5 Å². The number of pyridine rings is 1. The zero-order valence-electron chi connectivity index (χ0n) is 18.8. The minimum absolute atomic E-state index is 0.197. The lowest BCUT2D eigenvalue weighted by Gasteiger charge is -2.07. The smallest absolute Gasteiger partial charge is 0.475 e. The van der Waals surface area contributed by atoms with E-state index in [2.05, 4.69) is 20.1 Å². The number of hydrogen-bond donors (Lipinski definition) is 4. The van der Waals surface area contributed by atoms with Gasteiger partial charge in [0.2, 0.25) is 0 Å². The number of carboxylic acid groups (broad SMARTS) is 1. The Kier molecular flexibility index (Phi) is 8.03. The van der Waals surface area contributed by atoms with Gasteiger partial charge >= 0.3 is 17.8 Å². The van der Waals surface area contributed by atoms with Crippen molar-refractivity contribution in [3.63, 3.8) is 0 Å². The largest absolute Gasteiger partial charge is 0.490 e. The first kappa shape index (κ1) is 27.4. The van der Waals surface area contributed by atoms with Crippen LogP contribution >= 0.6 is 11.3 Å². The Hall–Kier alpha value is -4.18. The molecule has 196 valence electrons. The maximum atomic E-state index is 12.8. The summed E-state index contributed by atoms with van der Waals surface area (Å²) >= 11 is 1.42. The summed E-state index contributed by atoms with van der Waals surface area (Å²) in [6, 6.07) is 7.75. The van der Waals surface area contributed by atoms with E-state index in [1.165, 1.54) is 11.3 Å². The maximum absolute atomic E-state index is 12.8. The number of fused-ring (bicyclic) bond motifs is 1. The summed E-state index contributed by atoms with van der Waals surface area (Å²) in [5.41, 5.74) is 13.8. The Labute approximate surface area is 208 Å². The van der Waals surface area contributed by atoms with E-state index < -0.39 is 23.9 Å². The Balaban J connectivity index is 0.000000479. The highest BCUT2D eigenvalue weighted by Gasteiger charge is 2.38. The molecule has 0 radical (unpaired) electrons. The summed E-state index contributed by atoms with van der Waals surface area (Å²) < 4.78 is 59.4. The van der Waals surface area contributed by atoms with Crippen LogP contribution in [0.25, 0.3) is 32.9 Å². The first-order valence-electron chi connectivity index (χ1n) is 10.1. The molecule has 37 heavy (non-hydrogen) atoms. The molecule has 0 fully saturated rings. The van der Waals surface area contributed by atoms with Crippen LogP contribution < -0.4 is 17.2 Å². The minimum atomic E-state index is -5.08. The molecule has 0 amide bonds. The molecule has 0 bridgehead atoms. The third-order valence-electron chi connectivity index (χ3n) is 4.82. The standard InChI is InChI=1S/C19H17F2N7OS.C2HF3O2/c1-9-4-11(10-2-3-14-13(5-10)25-18(23)30-14)7-24-15(9)17-26-19(29)28(27-17)8-12(6-22)16(20)21;3-2(4,5)1(6)7/h2-5,7H,6,8,22H2,1H3,(H2,23,25)(H,26,27,29);(H,6,7). The molecule has 0 atom stereocenters. The van der Waals surface area contributed by atoms with Gasteiger partial charge in [0.15, 0.2) is 11.0 Å². The number of aromatic nitrogens is 5. The third kappa shape index (κ3) is 6.53. The molecule has 0 aliphatic heterocycles. The van der Waals surface area contributed by atoms with Crippen LogP contribution in [0, 0.1) is 6.92 Å². The number of nitrogen functional groups attached to an aromatic ring is 1. The summed E-state index contributed by atoms with van der Waals surface area (Å²) in [7, 11) is 0. The van der Waals surface area contributed by atoms with Crippen molar-refractivity contribution in [3.05, 3.63) is 58.2 Å². The van der Waals surface area contributed by atoms with Crippen LogP contribution in [0.3, 0.4) is 0 Å². The fourth-order valence-electron chi connectivity index (χ4n) is 3.07. The molecule has 4 aromatic rings. The van der Waals surface area contributed by atoms with Gasteiger partial charge in [0.1, 0.15) is 5.69 Å². The molecule has 0 saturated heterocycles. The fourth-order valence-corrected chi connectivity index (χ4v) is 3.78. The van der Waals surface area contributed by atoms with Crippen LogP contribution in [0.2, 0.25) is 0 Å². The average Bonchev–Trinajstić information content (AvgIpc) is 3.37. The number of H-pyrrole nitrogens is 1. The highest BCUT2D eigenvalue weighted by atomic mass is 32.1. The number of nitrogens with two attached hydrogens (primary N) is 2. The predicted octanol–water partition coefficient (Wildman–Crippen LogP) is 3.54. The van der Waals surface area contributed by atoms with Crippen molar-refractivity contribution in [2.24, 2.45) is 5.73 Å². The molecule has 4 rings (SSSR count). The average molecular weight is 543 g/mol. The van der Waals surface area contributed by atoms with Crippen LogP contribution in [0.15, 0.2) is 46.9 Å². The lowest BCUT2D eigenvalue weighted by molar-refractivity contribution is -0.192. The molecule has 3 heterocycles. The Morgan fingerprint density at radius 1 is 1.19 bits per heavy atom. The zero-order chi connectivity index (χ0) is 27.5. The second-order valence-electron chi connectivity index (χ2n) is 7.44. The lowest BCUT2D eigenvalue weighted by Crippen LogP contribution is -2.22. The number of aromatic amines is 1. The maximum Gasteiger partial charge on any atom is 0.490 e. The van der Waals surface area contributed by atoms with E-state index in [4.69, 9.17) is 21.4 Å². The van der Waals surface area contributed by atoms with Crippen molar-refractivity contribution >= 4 is 32.7 Å². The molecule has 0 spiro atoms. The van der Waals surface area contributed by atoms with Crippen molar-refractivity contribution in [3.8, 4) is 22.6 Å². The van der Waals surface area contributed by atoms with Crippen molar-refractivity contribution in [1.82, 2.24) is 24.7 Å². The van der Waals surface area contributed by atoms with Gasteiger partial charge in [0.25, 0.3) is 6.08 Å². The summed E-state index contributed by atoms with van der Waals surface area (Å²) in [5.74, 6) is -2.56. The number of aliphatic carboxylic acids is 1. The number of nitrogens with one attached hydrogen (secondary N) is 1. The van der Waals surface area contributed by atoms with E-state index >= 15 is 0 Å². The molecule has 0 aliphatic rings.